The fourth-order valence-corrected chi connectivity index (χ4v) is 4.06. The monoisotopic (exact) mass is 435 g/mol. The number of benzene rings is 2. The van der Waals surface area contributed by atoms with Crippen LogP contribution in [0, 0.1) is 0 Å². The van der Waals surface area contributed by atoms with Crippen LogP contribution in [0.15, 0.2) is 48.5 Å². The number of nitrogens with zero attached hydrogens (tertiary/aromatic N) is 2. The standard InChI is InChI=1S/C27H37N3O2/c1-3-5-7-9-26(31)30-20-18-29(19-21-30)25-16-14-24(15-17-25)28-27(32)23-12-10-22(11-13-23)8-6-4-2/h10-17H,3-9,18-21H2,1-2H3,(H,28,32). The molecule has 0 spiro atoms. The molecule has 5 heteroatoms. The van der Waals surface area contributed by atoms with Crippen molar-refractivity contribution in [1.82, 2.24) is 4.90 Å². The van der Waals surface area contributed by atoms with Crippen molar-refractivity contribution < 1.29 is 9.59 Å². The largest absolute Gasteiger partial charge is 0.368 e. The number of amides is 2. The molecule has 0 aliphatic carbocycles. The van der Waals surface area contributed by atoms with Gasteiger partial charge < -0.3 is 15.1 Å². The van der Waals surface area contributed by atoms with Crippen LogP contribution in [0.4, 0.5) is 11.4 Å². The van der Waals surface area contributed by atoms with Gasteiger partial charge in [0.25, 0.3) is 5.91 Å². The van der Waals surface area contributed by atoms with Crippen molar-refractivity contribution in [3.05, 3.63) is 59.7 Å². The maximum absolute atomic E-state index is 12.6. The number of carbonyl (C=O) groups excluding carboxylic acids is 2. The zero-order chi connectivity index (χ0) is 22.8. The summed E-state index contributed by atoms with van der Waals surface area (Å²) in [6.45, 7) is 7.58. The number of aryl methyl sites for hydroxylation is 1. The fourth-order valence-electron chi connectivity index (χ4n) is 4.06. The van der Waals surface area contributed by atoms with Crippen molar-refractivity contribution in [2.75, 3.05) is 36.4 Å². The molecule has 2 aromatic carbocycles. The zero-order valence-electron chi connectivity index (χ0n) is 19.6. The Morgan fingerprint density at radius 3 is 2.09 bits per heavy atom. The number of anilines is 2. The summed E-state index contributed by atoms with van der Waals surface area (Å²) in [6, 6.07) is 15.9. The molecule has 3 rings (SSSR count). The lowest BCUT2D eigenvalue weighted by atomic mass is 10.1. The predicted octanol–water partition coefficient (Wildman–Crippen LogP) is 5.51. The van der Waals surface area contributed by atoms with Gasteiger partial charge in [0.15, 0.2) is 0 Å². The van der Waals surface area contributed by atoms with Gasteiger partial charge in [0, 0.05) is 49.5 Å². The number of carbonyl (C=O) groups is 2. The molecule has 32 heavy (non-hydrogen) atoms. The van der Waals surface area contributed by atoms with Crippen molar-refractivity contribution >= 4 is 23.2 Å². The fraction of sp³-hybridized carbons (Fsp3) is 0.481. The van der Waals surface area contributed by atoms with E-state index >= 15 is 0 Å². The van der Waals surface area contributed by atoms with Gasteiger partial charge in [0.1, 0.15) is 0 Å². The van der Waals surface area contributed by atoms with Gasteiger partial charge >= 0.3 is 0 Å². The number of rotatable bonds is 10. The van der Waals surface area contributed by atoms with Crippen LogP contribution in [-0.4, -0.2) is 42.9 Å². The number of piperazine rings is 1. The first-order valence-electron chi connectivity index (χ1n) is 12.1. The van der Waals surface area contributed by atoms with Gasteiger partial charge in [0.05, 0.1) is 0 Å². The molecule has 5 nitrogen and oxygen atoms in total. The van der Waals surface area contributed by atoms with Crippen molar-refractivity contribution in [3.63, 3.8) is 0 Å². The molecule has 1 heterocycles. The molecule has 1 fully saturated rings. The highest BCUT2D eigenvalue weighted by atomic mass is 16.2. The molecule has 0 bridgehead atoms. The normalized spacial score (nSPS) is 13.8. The quantitative estimate of drug-likeness (QED) is 0.501. The Bertz CT molecular complexity index is 853. The summed E-state index contributed by atoms with van der Waals surface area (Å²) < 4.78 is 0. The molecule has 1 aliphatic heterocycles. The van der Waals surface area contributed by atoms with Crippen LogP contribution in [0.2, 0.25) is 0 Å². The smallest absolute Gasteiger partial charge is 0.255 e. The molecule has 0 unspecified atom stereocenters. The van der Waals surface area contributed by atoms with Gasteiger partial charge in [0.2, 0.25) is 5.91 Å². The molecular weight excluding hydrogens is 398 g/mol. The van der Waals surface area contributed by atoms with Gasteiger partial charge in [-0.1, -0.05) is 45.2 Å². The van der Waals surface area contributed by atoms with Crippen LogP contribution >= 0.6 is 0 Å². The Morgan fingerprint density at radius 2 is 1.47 bits per heavy atom. The van der Waals surface area contributed by atoms with Gasteiger partial charge in [-0.2, -0.15) is 0 Å². The molecule has 2 aromatic rings. The minimum atomic E-state index is -0.0880. The minimum absolute atomic E-state index is 0.0880. The van der Waals surface area contributed by atoms with Crippen LogP contribution in [-0.2, 0) is 11.2 Å². The van der Waals surface area contributed by atoms with E-state index < -0.39 is 0 Å². The molecule has 1 N–H and O–H groups in total. The van der Waals surface area contributed by atoms with Crippen LogP contribution in [0.1, 0.15) is 68.3 Å². The molecule has 172 valence electrons. The van der Waals surface area contributed by atoms with Crippen LogP contribution in [0.3, 0.4) is 0 Å². The summed E-state index contributed by atoms with van der Waals surface area (Å²) in [5.41, 5.74) is 3.87. The average molecular weight is 436 g/mol. The molecule has 0 radical (unpaired) electrons. The third-order valence-electron chi connectivity index (χ3n) is 6.15. The number of unbranched alkanes of at least 4 members (excludes halogenated alkanes) is 3. The van der Waals surface area contributed by atoms with E-state index in [-0.39, 0.29) is 11.8 Å². The second-order valence-electron chi connectivity index (χ2n) is 8.63. The molecule has 1 aliphatic rings. The van der Waals surface area contributed by atoms with Crippen molar-refractivity contribution in [1.29, 1.82) is 0 Å². The van der Waals surface area contributed by atoms with E-state index in [2.05, 4.69) is 24.1 Å². The third-order valence-corrected chi connectivity index (χ3v) is 6.15. The first-order valence-corrected chi connectivity index (χ1v) is 12.1. The minimum Gasteiger partial charge on any atom is -0.368 e. The van der Waals surface area contributed by atoms with Crippen molar-refractivity contribution in [3.8, 4) is 0 Å². The number of hydrogen-bond donors (Lipinski definition) is 1. The molecular formula is C27H37N3O2. The summed E-state index contributed by atoms with van der Waals surface area (Å²) in [4.78, 5) is 29.2. The number of nitrogens with one attached hydrogen (secondary N) is 1. The summed E-state index contributed by atoms with van der Waals surface area (Å²) in [5, 5.41) is 2.99. The van der Waals surface area contributed by atoms with Gasteiger partial charge in [-0.3, -0.25) is 9.59 Å². The molecule has 1 saturated heterocycles. The molecule has 2 amide bonds. The van der Waals surface area contributed by atoms with E-state index in [1.54, 1.807) is 0 Å². The third kappa shape index (κ3) is 6.84. The highest BCUT2D eigenvalue weighted by molar-refractivity contribution is 6.04. The lowest BCUT2D eigenvalue weighted by Gasteiger charge is -2.36. The highest BCUT2D eigenvalue weighted by Crippen LogP contribution is 2.21. The van der Waals surface area contributed by atoms with E-state index in [0.717, 1.165) is 63.2 Å². The lowest BCUT2D eigenvalue weighted by molar-refractivity contribution is -0.131. The summed E-state index contributed by atoms with van der Waals surface area (Å²) in [5.74, 6) is 0.199. The summed E-state index contributed by atoms with van der Waals surface area (Å²) in [6.07, 6.45) is 7.32. The molecule has 0 aromatic heterocycles. The summed E-state index contributed by atoms with van der Waals surface area (Å²) >= 11 is 0. The van der Waals surface area contributed by atoms with Crippen LogP contribution < -0.4 is 10.2 Å². The van der Waals surface area contributed by atoms with Gasteiger partial charge in [-0.25, -0.2) is 0 Å². The SMILES string of the molecule is CCCCCC(=O)N1CCN(c2ccc(NC(=O)c3ccc(CCCC)cc3)cc2)CC1. The average Bonchev–Trinajstić information content (AvgIpc) is 2.83. The maximum Gasteiger partial charge on any atom is 0.255 e. The Kier molecular flexibility index (Phi) is 9.14. The summed E-state index contributed by atoms with van der Waals surface area (Å²) in [7, 11) is 0. The Morgan fingerprint density at radius 1 is 0.812 bits per heavy atom. The van der Waals surface area contributed by atoms with E-state index in [1.165, 1.54) is 18.4 Å². The first kappa shape index (κ1) is 23.8. The maximum atomic E-state index is 12.6. The number of hydrogen-bond acceptors (Lipinski definition) is 3. The predicted molar refractivity (Wildman–Crippen MR) is 132 cm³/mol. The highest BCUT2D eigenvalue weighted by Gasteiger charge is 2.20. The van der Waals surface area contributed by atoms with Crippen molar-refractivity contribution in [2.24, 2.45) is 0 Å². The van der Waals surface area contributed by atoms with E-state index in [0.29, 0.717) is 12.0 Å². The van der Waals surface area contributed by atoms with E-state index in [4.69, 9.17) is 0 Å². The van der Waals surface area contributed by atoms with Crippen LogP contribution in [0.25, 0.3) is 0 Å². The first-order chi connectivity index (χ1) is 15.6. The van der Waals surface area contributed by atoms with E-state index in [9.17, 15) is 9.59 Å². The van der Waals surface area contributed by atoms with Crippen molar-refractivity contribution in [2.45, 2.75) is 58.8 Å². The molecule has 0 saturated carbocycles. The van der Waals surface area contributed by atoms with Gasteiger partial charge in [-0.15, -0.1) is 0 Å². The van der Waals surface area contributed by atoms with Crippen LogP contribution in [0.5, 0.6) is 0 Å². The Labute approximate surface area is 192 Å². The second kappa shape index (κ2) is 12.3. The second-order valence-corrected chi connectivity index (χ2v) is 8.63. The topological polar surface area (TPSA) is 52.7 Å². The Balaban J connectivity index is 1.48. The lowest BCUT2D eigenvalue weighted by Crippen LogP contribution is -2.48. The van der Waals surface area contributed by atoms with Gasteiger partial charge in [-0.05, 0) is 61.2 Å². The van der Waals surface area contributed by atoms with E-state index in [1.807, 2.05) is 53.4 Å². The molecule has 0 atom stereocenters. The Hall–Kier alpha value is -2.82. The zero-order valence-corrected chi connectivity index (χ0v) is 19.6.